The van der Waals surface area contributed by atoms with Gasteiger partial charge in [-0.2, -0.15) is 0 Å². The van der Waals surface area contributed by atoms with Crippen molar-refractivity contribution >= 4 is 14.6 Å². The molecular formula is CB2F4O6Zn3. The summed E-state index contributed by atoms with van der Waals surface area (Å²) >= 11 is 0. The maximum Gasteiger partial charge on any atom is 2.00 e. The molecule has 0 amide bonds. The maximum atomic E-state index is 9.69. The van der Waals surface area contributed by atoms with Crippen molar-refractivity contribution in [3.05, 3.63) is 0 Å². The average molecular weight is 402 g/mol. The first-order valence-electron chi connectivity index (χ1n) is 2.17. The molecule has 0 N–H and O–H groups in total. The molecule has 0 saturated carbocycles. The number of halogens is 4. The van der Waals surface area contributed by atoms with E-state index in [0.29, 0.717) is 0 Å². The van der Waals surface area contributed by atoms with Crippen molar-refractivity contribution in [1.29, 1.82) is 0 Å². The Kier molecular flexibility index (Phi) is 48.9. The SMILES string of the molecule is FC(F)(F)F.[O-]B([O-])[O-].[O-]B([O-])[O-].[Zn+2].[Zn+2].[Zn+2]. The molecule has 0 aliphatic carbocycles. The van der Waals surface area contributed by atoms with Gasteiger partial charge in [0, 0.05) is 0 Å². The van der Waals surface area contributed by atoms with Crippen LogP contribution in [0.2, 0.25) is 0 Å². The molecule has 15 heteroatoms. The van der Waals surface area contributed by atoms with Crippen molar-refractivity contribution in [3.8, 4) is 0 Å². The first-order chi connectivity index (χ1) is 5.46. The van der Waals surface area contributed by atoms with Crippen LogP contribution in [0.4, 0.5) is 17.6 Å². The summed E-state index contributed by atoms with van der Waals surface area (Å²) in [5, 5.41) is 50.5. The predicted octanol–water partition coefficient (Wildman–Crippen LogP) is -6.43. The van der Waals surface area contributed by atoms with Gasteiger partial charge in [0.1, 0.15) is 0 Å². The quantitative estimate of drug-likeness (QED) is 0.292. The van der Waals surface area contributed by atoms with Crippen LogP contribution in [-0.2, 0) is 58.4 Å². The van der Waals surface area contributed by atoms with Crippen molar-refractivity contribution in [2.75, 3.05) is 0 Å². The van der Waals surface area contributed by atoms with E-state index in [1.807, 2.05) is 0 Å². The summed E-state index contributed by atoms with van der Waals surface area (Å²) in [5.41, 5.74) is 0. The third kappa shape index (κ3) is 1480. The summed E-state index contributed by atoms with van der Waals surface area (Å²) in [6.07, 6.45) is -5.50. The van der Waals surface area contributed by atoms with Crippen LogP contribution in [-0.4, -0.2) is 21.1 Å². The zero-order valence-corrected chi connectivity index (χ0v) is 16.6. The Morgan fingerprint density at radius 2 is 0.562 bits per heavy atom. The molecule has 0 aromatic carbocycles. The van der Waals surface area contributed by atoms with E-state index in [4.69, 9.17) is 30.1 Å². The molecule has 0 saturated heterocycles. The smallest absolute Gasteiger partial charge is 0.907 e. The molecule has 16 heavy (non-hydrogen) atoms. The molecule has 0 aliphatic heterocycles. The Bertz CT molecular complexity index is 88.8. The van der Waals surface area contributed by atoms with Gasteiger partial charge in [0.05, 0.1) is 0 Å². The molecule has 0 aliphatic rings. The minimum Gasteiger partial charge on any atom is -0.907 e. The Hall–Kier alpha value is 1.48. The molecule has 0 unspecified atom stereocenters. The zero-order chi connectivity index (χ0) is 11.7. The maximum absolute atomic E-state index is 9.69. The normalized spacial score (nSPS) is 7.12. The average Bonchev–Trinajstić information content (AvgIpc) is 1.50. The van der Waals surface area contributed by atoms with Crippen molar-refractivity contribution in [2.45, 2.75) is 6.43 Å². The molecule has 80 valence electrons. The van der Waals surface area contributed by atoms with Gasteiger partial charge in [0.25, 0.3) is 0 Å². The summed E-state index contributed by atoms with van der Waals surface area (Å²) in [6.45, 7) is 0. The molecule has 6 nitrogen and oxygen atoms in total. The van der Waals surface area contributed by atoms with Crippen LogP contribution >= 0.6 is 0 Å². The van der Waals surface area contributed by atoms with Gasteiger partial charge in [-0.1, -0.05) is 0 Å². The summed E-state index contributed by atoms with van der Waals surface area (Å²) in [5.74, 6) is 0. The van der Waals surface area contributed by atoms with E-state index in [2.05, 4.69) is 0 Å². The molecule has 0 atom stereocenters. The molecule has 0 fully saturated rings. The van der Waals surface area contributed by atoms with Gasteiger partial charge < -0.3 is 30.1 Å². The van der Waals surface area contributed by atoms with E-state index in [1.54, 1.807) is 0 Å². The predicted molar refractivity (Wildman–Crippen MR) is 18.7 cm³/mol. The fraction of sp³-hybridized carbons (Fsp3) is 1.00. The van der Waals surface area contributed by atoms with Crippen molar-refractivity contribution < 1.29 is 106 Å². The summed E-state index contributed by atoms with van der Waals surface area (Å²) < 4.78 is 38.8. The molecule has 0 rings (SSSR count). The van der Waals surface area contributed by atoms with E-state index >= 15 is 0 Å². The van der Waals surface area contributed by atoms with E-state index in [-0.39, 0.29) is 58.4 Å². The van der Waals surface area contributed by atoms with E-state index in [1.165, 1.54) is 0 Å². The third-order valence-electron chi connectivity index (χ3n) is 0. The fourth-order valence-corrected chi connectivity index (χ4v) is 0. The van der Waals surface area contributed by atoms with E-state index in [9.17, 15) is 17.6 Å². The third-order valence-corrected chi connectivity index (χ3v) is 0. The second kappa shape index (κ2) is 21.7. The van der Waals surface area contributed by atoms with Crippen LogP contribution in [0, 0.1) is 0 Å². The molecule has 0 spiro atoms. The number of rotatable bonds is 0. The topological polar surface area (TPSA) is 138 Å². The van der Waals surface area contributed by atoms with Gasteiger partial charge in [-0.3, -0.25) is 14.6 Å². The largest absolute Gasteiger partial charge is 2.00 e. The van der Waals surface area contributed by atoms with Crippen LogP contribution in [0.5, 0.6) is 0 Å². The van der Waals surface area contributed by atoms with Crippen LogP contribution in [0.15, 0.2) is 0 Å². The summed E-state index contributed by atoms with van der Waals surface area (Å²) in [7, 11) is -5.83. The monoisotopic (exact) mass is 398 g/mol. The van der Waals surface area contributed by atoms with E-state index < -0.39 is 21.1 Å². The first kappa shape index (κ1) is 36.0. The standard InChI is InChI=1S/CF4.2BO3.3Zn/c2-1(3,4)5;2*2-1(3)4;;;/q;2*-3;3*+2. The van der Waals surface area contributed by atoms with Gasteiger partial charge in [0.15, 0.2) is 0 Å². The van der Waals surface area contributed by atoms with Gasteiger partial charge in [-0.05, 0) is 0 Å². The van der Waals surface area contributed by atoms with Gasteiger partial charge in [-0.15, -0.1) is 17.6 Å². The zero-order valence-electron chi connectivity index (χ0n) is 7.74. The Labute approximate surface area is 127 Å². The van der Waals surface area contributed by atoms with Crippen LogP contribution in [0.1, 0.15) is 0 Å². The molecule has 0 radical (unpaired) electrons. The van der Waals surface area contributed by atoms with Crippen molar-refractivity contribution in [3.63, 3.8) is 0 Å². The number of hydrogen-bond acceptors (Lipinski definition) is 6. The number of alkyl halides is 4. The summed E-state index contributed by atoms with van der Waals surface area (Å²) in [4.78, 5) is 0. The van der Waals surface area contributed by atoms with Gasteiger partial charge in [0.2, 0.25) is 0 Å². The first-order valence-corrected chi connectivity index (χ1v) is 2.17. The molecule has 0 heterocycles. The van der Waals surface area contributed by atoms with Crippen LogP contribution in [0.3, 0.4) is 0 Å². The van der Waals surface area contributed by atoms with Gasteiger partial charge >= 0.3 is 64.9 Å². The Morgan fingerprint density at radius 1 is 0.562 bits per heavy atom. The molecule has 0 aromatic heterocycles. The van der Waals surface area contributed by atoms with Crippen molar-refractivity contribution in [1.82, 2.24) is 0 Å². The molecular weight excluding hydrogens is 402 g/mol. The second-order valence-electron chi connectivity index (χ2n) is 1.01. The van der Waals surface area contributed by atoms with Crippen molar-refractivity contribution in [2.24, 2.45) is 0 Å². The Morgan fingerprint density at radius 3 is 0.562 bits per heavy atom. The van der Waals surface area contributed by atoms with Crippen LogP contribution < -0.4 is 30.1 Å². The Balaban J connectivity index is -0.0000000216. The number of hydrogen-bond donors (Lipinski definition) is 0. The minimum absolute atomic E-state index is 0. The van der Waals surface area contributed by atoms with Gasteiger partial charge in [-0.25, -0.2) is 0 Å². The molecule has 0 bridgehead atoms. The fourth-order valence-electron chi connectivity index (χ4n) is 0. The van der Waals surface area contributed by atoms with E-state index in [0.717, 1.165) is 0 Å². The molecule has 0 aromatic rings. The summed E-state index contributed by atoms with van der Waals surface area (Å²) in [6, 6.07) is 0. The minimum atomic E-state index is -5.50. The van der Waals surface area contributed by atoms with Crippen LogP contribution in [0.25, 0.3) is 0 Å². The second-order valence-corrected chi connectivity index (χ2v) is 1.01.